The van der Waals surface area contributed by atoms with E-state index in [0.717, 1.165) is 13.0 Å². The second-order valence-corrected chi connectivity index (χ2v) is 5.17. The minimum absolute atomic E-state index is 0.232. The Morgan fingerprint density at radius 2 is 2.19 bits per heavy atom. The molecule has 0 radical (unpaired) electrons. The highest BCUT2D eigenvalue weighted by molar-refractivity contribution is 7.98. The number of thioether (sulfide) groups is 1. The standard InChI is InChI=1S/C12H25NO2S/c1-5-9(8-16-4)13-10-7-11(15-6-2)12(10)14-3/h9-13H,5-8H2,1-4H3. The van der Waals surface area contributed by atoms with E-state index in [1.807, 2.05) is 18.7 Å². The molecular weight excluding hydrogens is 222 g/mol. The largest absolute Gasteiger partial charge is 0.377 e. The second-order valence-electron chi connectivity index (χ2n) is 4.26. The van der Waals surface area contributed by atoms with Crippen LogP contribution >= 0.6 is 11.8 Å². The Kier molecular flexibility index (Phi) is 6.73. The average Bonchev–Trinajstić information content (AvgIpc) is 2.26. The van der Waals surface area contributed by atoms with E-state index >= 15 is 0 Å². The van der Waals surface area contributed by atoms with Crippen molar-refractivity contribution >= 4 is 11.8 Å². The van der Waals surface area contributed by atoms with Crippen LogP contribution in [0.4, 0.5) is 0 Å². The molecule has 1 N–H and O–H groups in total. The monoisotopic (exact) mass is 247 g/mol. The molecule has 4 heteroatoms. The third kappa shape index (κ3) is 3.62. The molecule has 0 bridgehead atoms. The number of nitrogens with one attached hydrogen (secondary N) is 1. The van der Waals surface area contributed by atoms with Gasteiger partial charge in [-0.3, -0.25) is 0 Å². The first kappa shape index (κ1) is 14.3. The minimum Gasteiger partial charge on any atom is -0.377 e. The van der Waals surface area contributed by atoms with Gasteiger partial charge < -0.3 is 14.8 Å². The molecule has 1 aliphatic carbocycles. The fourth-order valence-corrected chi connectivity index (χ4v) is 2.96. The van der Waals surface area contributed by atoms with E-state index in [9.17, 15) is 0 Å². The number of ether oxygens (including phenoxy) is 2. The molecule has 0 aromatic rings. The molecule has 1 fully saturated rings. The van der Waals surface area contributed by atoms with Gasteiger partial charge >= 0.3 is 0 Å². The lowest BCUT2D eigenvalue weighted by Crippen LogP contribution is -2.62. The molecular formula is C12H25NO2S. The Hall–Kier alpha value is 0.230. The van der Waals surface area contributed by atoms with Gasteiger partial charge in [-0.15, -0.1) is 0 Å². The zero-order chi connectivity index (χ0) is 12.0. The van der Waals surface area contributed by atoms with Crippen LogP contribution in [-0.4, -0.2) is 50.0 Å². The van der Waals surface area contributed by atoms with E-state index < -0.39 is 0 Å². The quantitative estimate of drug-likeness (QED) is 0.710. The molecule has 1 rings (SSSR count). The Morgan fingerprint density at radius 1 is 1.44 bits per heavy atom. The van der Waals surface area contributed by atoms with Crippen molar-refractivity contribution in [2.24, 2.45) is 0 Å². The van der Waals surface area contributed by atoms with Crippen molar-refractivity contribution in [3.63, 3.8) is 0 Å². The normalized spacial score (nSPS) is 31.1. The SMILES string of the molecule is CCOC1CC(NC(CC)CSC)C1OC. The third-order valence-electron chi connectivity index (χ3n) is 3.21. The van der Waals surface area contributed by atoms with Gasteiger partial charge in [0.15, 0.2) is 0 Å². The number of rotatable bonds is 8. The summed E-state index contributed by atoms with van der Waals surface area (Å²) in [6, 6.07) is 1.07. The number of methoxy groups -OCH3 is 1. The molecule has 0 spiro atoms. The van der Waals surface area contributed by atoms with Crippen molar-refractivity contribution in [2.75, 3.05) is 25.7 Å². The Morgan fingerprint density at radius 3 is 2.69 bits per heavy atom. The molecule has 4 unspecified atom stereocenters. The van der Waals surface area contributed by atoms with Gasteiger partial charge in [0.2, 0.25) is 0 Å². The maximum atomic E-state index is 5.62. The highest BCUT2D eigenvalue weighted by Crippen LogP contribution is 2.27. The van der Waals surface area contributed by atoms with Gasteiger partial charge in [-0.25, -0.2) is 0 Å². The van der Waals surface area contributed by atoms with E-state index in [-0.39, 0.29) is 6.10 Å². The van der Waals surface area contributed by atoms with Crippen molar-refractivity contribution in [1.82, 2.24) is 5.32 Å². The summed E-state index contributed by atoms with van der Waals surface area (Å²) >= 11 is 1.90. The molecule has 0 amide bonds. The van der Waals surface area contributed by atoms with Crippen LogP contribution in [0, 0.1) is 0 Å². The van der Waals surface area contributed by atoms with Gasteiger partial charge in [-0.2, -0.15) is 11.8 Å². The maximum absolute atomic E-state index is 5.62. The lowest BCUT2D eigenvalue weighted by atomic mass is 9.84. The fourth-order valence-electron chi connectivity index (χ4n) is 2.23. The van der Waals surface area contributed by atoms with Crippen LogP contribution in [-0.2, 0) is 9.47 Å². The van der Waals surface area contributed by atoms with E-state index in [4.69, 9.17) is 9.47 Å². The van der Waals surface area contributed by atoms with Crippen molar-refractivity contribution < 1.29 is 9.47 Å². The first-order valence-electron chi connectivity index (χ1n) is 6.16. The summed E-state index contributed by atoms with van der Waals surface area (Å²) in [4.78, 5) is 0. The topological polar surface area (TPSA) is 30.5 Å². The summed E-state index contributed by atoms with van der Waals surface area (Å²) in [6.45, 7) is 5.05. The van der Waals surface area contributed by atoms with Crippen LogP contribution in [0.5, 0.6) is 0 Å². The summed E-state index contributed by atoms with van der Waals surface area (Å²) in [5.41, 5.74) is 0. The van der Waals surface area contributed by atoms with Crippen LogP contribution < -0.4 is 5.32 Å². The van der Waals surface area contributed by atoms with E-state index in [1.54, 1.807) is 7.11 Å². The molecule has 0 aromatic carbocycles. The zero-order valence-electron chi connectivity index (χ0n) is 10.9. The van der Waals surface area contributed by atoms with Gasteiger partial charge in [0.1, 0.15) is 0 Å². The molecule has 1 saturated carbocycles. The molecule has 4 atom stereocenters. The lowest BCUT2D eigenvalue weighted by Gasteiger charge is -2.45. The predicted octanol–water partition coefficient (Wildman–Crippen LogP) is 1.91. The van der Waals surface area contributed by atoms with Gasteiger partial charge in [0.05, 0.1) is 12.2 Å². The molecule has 3 nitrogen and oxygen atoms in total. The highest BCUT2D eigenvalue weighted by Gasteiger charge is 2.42. The van der Waals surface area contributed by atoms with Gasteiger partial charge in [-0.05, 0) is 26.0 Å². The summed E-state index contributed by atoms with van der Waals surface area (Å²) in [7, 11) is 1.78. The van der Waals surface area contributed by atoms with Gasteiger partial charge in [0.25, 0.3) is 0 Å². The zero-order valence-corrected chi connectivity index (χ0v) is 11.7. The Bertz CT molecular complexity index is 192. The Labute approximate surface area is 104 Å². The minimum atomic E-state index is 0.232. The van der Waals surface area contributed by atoms with E-state index in [1.165, 1.54) is 12.2 Å². The van der Waals surface area contributed by atoms with Crippen molar-refractivity contribution in [3.8, 4) is 0 Å². The van der Waals surface area contributed by atoms with Crippen LogP contribution in [0.2, 0.25) is 0 Å². The predicted molar refractivity (Wildman–Crippen MR) is 70.2 cm³/mol. The van der Waals surface area contributed by atoms with Crippen LogP contribution in [0.1, 0.15) is 26.7 Å². The van der Waals surface area contributed by atoms with Crippen molar-refractivity contribution in [1.29, 1.82) is 0 Å². The van der Waals surface area contributed by atoms with E-state index in [2.05, 4.69) is 18.5 Å². The van der Waals surface area contributed by atoms with Gasteiger partial charge in [-0.1, -0.05) is 6.92 Å². The molecule has 16 heavy (non-hydrogen) atoms. The molecule has 0 aliphatic heterocycles. The molecule has 0 heterocycles. The first-order chi connectivity index (χ1) is 7.76. The molecule has 96 valence electrons. The molecule has 1 aliphatic rings. The summed E-state index contributed by atoms with van der Waals surface area (Å²) in [5.74, 6) is 1.17. The molecule has 0 aromatic heterocycles. The van der Waals surface area contributed by atoms with Crippen LogP contribution in [0.25, 0.3) is 0 Å². The van der Waals surface area contributed by atoms with E-state index in [0.29, 0.717) is 18.2 Å². The summed E-state index contributed by atoms with van der Waals surface area (Å²) < 4.78 is 11.1. The Balaban J connectivity index is 2.32. The van der Waals surface area contributed by atoms with Crippen molar-refractivity contribution in [2.45, 2.75) is 51.0 Å². The average molecular weight is 247 g/mol. The molecule has 0 saturated heterocycles. The third-order valence-corrected chi connectivity index (χ3v) is 3.95. The fraction of sp³-hybridized carbons (Fsp3) is 1.00. The summed E-state index contributed by atoms with van der Waals surface area (Å²) in [5, 5.41) is 3.67. The van der Waals surface area contributed by atoms with Crippen molar-refractivity contribution in [3.05, 3.63) is 0 Å². The lowest BCUT2D eigenvalue weighted by molar-refractivity contribution is -0.132. The maximum Gasteiger partial charge on any atom is 0.0986 e. The van der Waals surface area contributed by atoms with Gasteiger partial charge in [0, 0.05) is 31.6 Å². The van der Waals surface area contributed by atoms with Crippen LogP contribution in [0.3, 0.4) is 0 Å². The second kappa shape index (κ2) is 7.54. The summed E-state index contributed by atoms with van der Waals surface area (Å²) in [6.07, 6.45) is 4.93. The highest BCUT2D eigenvalue weighted by atomic mass is 32.2. The number of hydrogen-bond donors (Lipinski definition) is 1. The smallest absolute Gasteiger partial charge is 0.0986 e. The number of hydrogen-bond acceptors (Lipinski definition) is 4. The van der Waals surface area contributed by atoms with Crippen LogP contribution in [0.15, 0.2) is 0 Å². The first-order valence-corrected chi connectivity index (χ1v) is 7.55.